The van der Waals surface area contributed by atoms with Gasteiger partial charge in [0.1, 0.15) is 5.56 Å². The van der Waals surface area contributed by atoms with Crippen LogP contribution in [-0.2, 0) is 0 Å². The first kappa shape index (κ1) is 18.5. The maximum atomic E-state index is 12.8. The molecular weight excluding hydrogens is 320 g/mol. The average Bonchev–Trinajstić information content (AvgIpc) is 2.67. The second-order valence-electron chi connectivity index (χ2n) is 5.20. The first-order valence-electron chi connectivity index (χ1n) is 7.90. The maximum Gasteiger partial charge on any atom is 0.259 e. The highest BCUT2D eigenvalue weighted by atomic mass is 16.5. The number of ether oxygens (including phenoxy) is 2. The lowest BCUT2D eigenvalue weighted by atomic mass is 10.2. The minimum absolute atomic E-state index is 0.128. The van der Waals surface area contributed by atoms with Crippen LogP contribution < -0.4 is 9.47 Å². The Morgan fingerprint density at radius 1 is 1.16 bits per heavy atom. The van der Waals surface area contributed by atoms with Gasteiger partial charge in [0.05, 0.1) is 20.8 Å². The van der Waals surface area contributed by atoms with Gasteiger partial charge in [0, 0.05) is 19.2 Å². The molecule has 25 heavy (non-hydrogen) atoms. The molecule has 0 saturated carbocycles. The summed E-state index contributed by atoms with van der Waals surface area (Å²) in [6.45, 7) is 0.452. The lowest BCUT2D eigenvalue weighted by molar-refractivity contribution is 0.0738. The fraction of sp³-hybridized carbons (Fsp3) is 0.263. The predicted octanol–water partition coefficient (Wildman–Crippen LogP) is 2.25. The standard InChI is InChI=1S/C19H22N2O4/c1-24-17-11-10-16(18(20-17)25-2)19(23)21(13-14-22)12-6-9-15-7-4-3-5-8-15/h3-11,22H,12-14H2,1-2H3. The van der Waals surface area contributed by atoms with Crippen molar-refractivity contribution in [2.75, 3.05) is 33.9 Å². The lowest BCUT2D eigenvalue weighted by Gasteiger charge is -2.21. The van der Waals surface area contributed by atoms with Crippen molar-refractivity contribution in [1.29, 1.82) is 0 Å². The molecular formula is C19H22N2O4. The highest BCUT2D eigenvalue weighted by molar-refractivity contribution is 5.96. The molecule has 0 saturated heterocycles. The molecule has 0 spiro atoms. The molecule has 2 rings (SSSR count). The number of aliphatic hydroxyl groups is 1. The number of benzene rings is 1. The summed E-state index contributed by atoms with van der Waals surface area (Å²) >= 11 is 0. The van der Waals surface area contributed by atoms with Gasteiger partial charge in [-0.2, -0.15) is 4.98 Å². The number of carbonyl (C=O) groups is 1. The lowest BCUT2D eigenvalue weighted by Crippen LogP contribution is -2.34. The van der Waals surface area contributed by atoms with Crippen LogP contribution in [-0.4, -0.2) is 54.8 Å². The number of pyridine rings is 1. The minimum atomic E-state index is -0.265. The molecule has 0 bridgehead atoms. The molecule has 0 unspecified atom stereocenters. The highest BCUT2D eigenvalue weighted by Crippen LogP contribution is 2.21. The summed E-state index contributed by atoms with van der Waals surface area (Å²) in [7, 11) is 2.94. The van der Waals surface area contributed by atoms with Crippen molar-refractivity contribution < 1.29 is 19.4 Å². The van der Waals surface area contributed by atoms with Gasteiger partial charge in [0.15, 0.2) is 0 Å². The van der Waals surface area contributed by atoms with Crippen LogP contribution in [0.4, 0.5) is 0 Å². The number of nitrogens with zero attached hydrogens (tertiary/aromatic N) is 2. The molecule has 0 radical (unpaired) electrons. The Labute approximate surface area is 147 Å². The van der Waals surface area contributed by atoms with Gasteiger partial charge in [0.25, 0.3) is 5.91 Å². The molecule has 0 aliphatic rings. The van der Waals surface area contributed by atoms with Crippen LogP contribution in [0, 0.1) is 0 Å². The van der Waals surface area contributed by atoms with Gasteiger partial charge >= 0.3 is 0 Å². The molecule has 132 valence electrons. The summed E-state index contributed by atoms with van der Waals surface area (Å²) in [5, 5.41) is 9.27. The Bertz CT molecular complexity index is 717. The summed E-state index contributed by atoms with van der Waals surface area (Å²) in [5.74, 6) is 0.296. The summed E-state index contributed by atoms with van der Waals surface area (Å²) in [4.78, 5) is 18.4. The summed E-state index contributed by atoms with van der Waals surface area (Å²) in [6.07, 6.45) is 3.81. The Kier molecular flexibility index (Phi) is 6.98. The van der Waals surface area contributed by atoms with E-state index >= 15 is 0 Å². The third-order valence-corrected chi connectivity index (χ3v) is 3.56. The number of hydrogen-bond donors (Lipinski definition) is 1. The van der Waals surface area contributed by atoms with Crippen LogP contribution in [0.25, 0.3) is 6.08 Å². The van der Waals surface area contributed by atoms with E-state index in [1.165, 1.54) is 19.1 Å². The van der Waals surface area contributed by atoms with E-state index in [1.54, 1.807) is 12.1 Å². The van der Waals surface area contributed by atoms with E-state index in [9.17, 15) is 9.90 Å². The molecule has 0 aliphatic heterocycles. The van der Waals surface area contributed by atoms with Crippen LogP contribution in [0.2, 0.25) is 0 Å². The van der Waals surface area contributed by atoms with Crippen LogP contribution in [0.1, 0.15) is 15.9 Å². The first-order chi connectivity index (χ1) is 12.2. The largest absolute Gasteiger partial charge is 0.481 e. The monoisotopic (exact) mass is 342 g/mol. The van der Waals surface area contributed by atoms with Gasteiger partial charge in [-0.25, -0.2) is 0 Å². The van der Waals surface area contributed by atoms with Crippen molar-refractivity contribution in [3.8, 4) is 11.8 Å². The summed E-state index contributed by atoms with van der Waals surface area (Å²) in [5.41, 5.74) is 1.37. The number of hydrogen-bond acceptors (Lipinski definition) is 5. The number of rotatable bonds is 8. The van der Waals surface area contributed by atoms with Gasteiger partial charge in [0.2, 0.25) is 11.8 Å². The van der Waals surface area contributed by atoms with E-state index in [0.29, 0.717) is 18.0 Å². The van der Waals surface area contributed by atoms with Crippen LogP contribution >= 0.6 is 0 Å². The van der Waals surface area contributed by atoms with Gasteiger partial charge < -0.3 is 19.5 Å². The van der Waals surface area contributed by atoms with E-state index < -0.39 is 0 Å². The molecule has 0 fully saturated rings. The number of methoxy groups -OCH3 is 2. The zero-order chi connectivity index (χ0) is 18.1. The van der Waals surface area contributed by atoms with Gasteiger partial charge in [-0.05, 0) is 11.6 Å². The predicted molar refractivity (Wildman–Crippen MR) is 95.8 cm³/mol. The third-order valence-electron chi connectivity index (χ3n) is 3.56. The zero-order valence-corrected chi connectivity index (χ0v) is 14.4. The zero-order valence-electron chi connectivity index (χ0n) is 14.4. The molecule has 6 nitrogen and oxygen atoms in total. The van der Waals surface area contributed by atoms with Crippen LogP contribution in [0.15, 0.2) is 48.5 Å². The van der Waals surface area contributed by atoms with Gasteiger partial charge in [-0.3, -0.25) is 4.79 Å². The molecule has 2 aromatic rings. The topological polar surface area (TPSA) is 71.9 Å². The van der Waals surface area contributed by atoms with Gasteiger partial charge in [-0.15, -0.1) is 0 Å². The van der Waals surface area contributed by atoms with E-state index in [-0.39, 0.29) is 24.9 Å². The van der Waals surface area contributed by atoms with E-state index in [1.807, 2.05) is 42.5 Å². The maximum absolute atomic E-state index is 12.8. The minimum Gasteiger partial charge on any atom is -0.481 e. The molecule has 6 heteroatoms. The molecule has 0 atom stereocenters. The van der Waals surface area contributed by atoms with Crippen molar-refractivity contribution in [3.63, 3.8) is 0 Å². The Morgan fingerprint density at radius 3 is 2.56 bits per heavy atom. The van der Waals surface area contributed by atoms with E-state index in [0.717, 1.165) is 5.56 Å². The highest BCUT2D eigenvalue weighted by Gasteiger charge is 2.20. The third kappa shape index (κ3) is 5.06. The number of aliphatic hydroxyl groups excluding tert-OH is 1. The van der Waals surface area contributed by atoms with E-state index in [2.05, 4.69) is 4.98 Å². The van der Waals surface area contributed by atoms with Crippen molar-refractivity contribution >= 4 is 12.0 Å². The molecule has 1 aromatic carbocycles. The fourth-order valence-electron chi connectivity index (χ4n) is 2.30. The number of aromatic nitrogens is 1. The van der Waals surface area contributed by atoms with Crippen molar-refractivity contribution in [1.82, 2.24) is 9.88 Å². The molecule has 1 N–H and O–H groups in total. The fourth-order valence-corrected chi connectivity index (χ4v) is 2.30. The SMILES string of the molecule is COc1ccc(C(=O)N(CC=Cc2ccccc2)CCO)c(OC)n1. The summed E-state index contributed by atoms with van der Waals surface area (Å²) < 4.78 is 10.2. The van der Waals surface area contributed by atoms with Crippen LogP contribution in [0.5, 0.6) is 11.8 Å². The number of carbonyl (C=O) groups excluding carboxylic acids is 1. The Hall–Kier alpha value is -2.86. The number of amides is 1. The first-order valence-corrected chi connectivity index (χ1v) is 7.90. The van der Waals surface area contributed by atoms with Crippen LogP contribution in [0.3, 0.4) is 0 Å². The van der Waals surface area contributed by atoms with Crippen molar-refractivity contribution in [2.45, 2.75) is 0 Å². The summed E-state index contributed by atoms with van der Waals surface area (Å²) in [6, 6.07) is 13.0. The van der Waals surface area contributed by atoms with Gasteiger partial charge in [-0.1, -0.05) is 42.5 Å². The second kappa shape index (κ2) is 9.44. The average molecular weight is 342 g/mol. The Morgan fingerprint density at radius 2 is 1.92 bits per heavy atom. The smallest absolute Gasteiger partial charge is 0.259 e. The Balaban J connectivity index is 2.16. The molecule has 0 aliphatic carbocycles. The van der Waals surface area contributed by atoms with E-state index in [4.69, 9.17) is 9.47 Å². The molecule has 1 heterocycles. The normalized spacial score (nSPS) is 10.7. The quantitative estimate of drug-likeness (QED) is 0.797. The molecule has 1 amide bonds. The van der Waals surface area contributed by atoms with Crippen molar-refractivity contribution in [2.24, 2.45) is 0 Å². The molecule has 1 aromatic heterocycles. The second-order valence-corrected chi connectivity index (χ2v) is 5.20. The van der Waals surface area contributed by atoms with Crippen molar-refractivity contribution in [3.05, 3.63) is 59.7 Å².